The number of fused-ring (bicyclic) bond motifs is 2. The van der Waals surface area contributed by atoms with Gasteiger partial charge in [-0.05, 0) is 63.1 Å². The minimum Gasteiger partial charge on any atom is -0.476 e. The Labute approximate surface area is 201 Å². The lowest BCUT2D eigenvalue weighted by Gasteiger charge is -2.39. The van der Waals surface area contributed by atoms with Crippen LogP contribution >= 0.6 is 11.6 Å². The summed E-state index contributed by atoms with van der Waals surface area (Å²) in [5.41, 5.74) is 1.00. The molecule has 2 aromatic carbocycles. The van der Waals surface area contributed by atoms with Crippen molar-refractivity contribution in [3.63, 3.8) is 0 Å². The number of H-pyrrole nitrogens is 1. The number of benzene rings is 2. The van der Waals surface area contributed by atoms with Crippen molar-refractivity contribution in [1.82, 2.24) is 14.9 Å². The van der Waals surface area contributed by atoms with Crippen LogP contribution in [0.5, 0.6) is 5.75 Å². The number of piperidine rings is 1. The van der Waals surface area contributed by atoms with Crippen LogP contribution in [-0.2, 0) is 9.59 Å². The van der Waals surface area contributed by atoms with E-state index in [2.05, 4.69) is 9.97 Å². The maximum absolute atomic E-state index is 13.5. The van der Waals surface area contributed by atoms with Gasteiger partial charge in [0.05, 0.1) is 16.7 Å². The zero-order valence-electron chi connectivity index (χ0n) is 19.1. The third-order valence-electron chi connectivity index (χ3n) is 6.58. The molecule has 1 saturated heterocycles. The molecule has 5 rings (SSSR count). The number of aromatic nitrogens is 2. The standard InChI is InChI=1S/C25H26ClFN4O3/c1-25(2)24(33)31(20-13-16(26)3-6-21(20)34-25)12-9-22(32)30-10-7-15(8-11-30)23-28-18-5-4-17(27)14-19(18)29-23/h3-6,13-15H,7-12H2,1-2H3,(H,28,29). The van der Waals surface area contributed by atoms with Gasteiger partial charge in [0.15, 0.2) is 5.60 Å². The highest BCUT2D eigenvalue weighted by Crippen LogP contribution is 2.39. The molecule has 0 unspecified atom stereocenters. The fourth-order valence-electron chi connectivity index (χ4n) is 4.73. The lowest BCUT2D eigenvalue weighted by molar-refractivity contribution is -0.133. The minimum absolute atomic E-state index is 0.00537. The number of amides is 2. The molecule has 1 fully saturated rings. The Morgan fingerprint density at radius 3 is 2.76 bits per heavy atom. The van der Waals surface area contributed by atoms with Crippen molar-refractivity contribution < 1.29 is 18.7 Å². The summed E-state index contributed by atoms with van der Waals surface area (Å²) >= 11 is 6.15. The second kappa shape index (κ2) is 8.58. The van der Waals surface area contributed by atoms with Gasteiger partial charge in [0.2, 0.25) is 5.91 Å². The van der Waals surface area contributed by atoms with Crippen LogP contribution in [0.25, 0.3) is 11.0 Å². The summed E-state index contributed by atoms with van der Waals surface area (Å²) in [4.78, 5) is 37.2. The van der Waals surface area contributed by atoms with Gasteiger partial charge >= 0.3 is 0 Å². The highest BCUT2D eigenvalue weighted by atomic mass is 35.5. The molecule has 0 saturated carbocycles. The topological polar surface area (TPSA) is 78.5 Å². The van der Waals surface area contributed by atoms with E-state index in [1.807, 2.05) is 4.90 Å². The number of carbonyl (C=O) groups is 2. The zero-order valence-corrected chi connectivity index (χ0v) is 19.9. The summed E-state index contributed by atoms with van der Waals surface area (Å²) < 4.78 is 19.3. The number of aromatic amines is 1. The number of halogens is 2. The van der Waals surface area contributed by atoms with Crippen LogP contribution in [0, 0.1) is 5.82 Å². The summed E-state index contributed by atoms with van der Waals surface area (Å²) in [7, 11) is 0. The van der Waals surface area contributed by atoms with E-state index in [0.717, 1.165) is 24.2 Å². The van der Waals surface area contributed by atoms with Gasteiger partial charge in [-0.2, -0.15) is 0 Å². The van der Waals surface area contributed by atoms with E-state index in [1.165, 1.54) is 12.1 Å². The van der Waals surface area contributed by atoms with Crippen LogP contribution in [0.4, 0.5) is 10.1 Å². The zero-order chi connectivity index (χ0) is 24.0. The van der Waals surface area contributed by atoms with Crippen LogP contribution in [0.1, 0.15) is 44.9 Å². The Hall–Kier alpha value is -3.13. The molecule has 0 aliphatic carbocycles. The number of carbonyl (C=O) groups excluding carboxylic acids is 2. The third kappa shape index (κ3) is 4.22. The Morgan fingerprint density at radius 2 is 2.00 bits per heavy atom. The molecule has 7 nitrogen and oxygen atoms in total. The number of hydrogen-bond acceptors (Lipinski definition) is 4. The predicted octanol–water partition coefficient (Wildman–Crippen LogP) is 4.66. The maximum Gasteiger partial charge on any atom is 0.270 e. The molecule has 3 aromatic rings. The summed E-state index contributed by atoms with van der Waals surface area (Å²) in [5.74, 6) is 1.11. The Morgan fingerprint density at radius 1 is 1.24 bits per heavy atom. The van der Waals surface area contributed by atoms with Crippen LogP contribution in [0.3, 0.4) is 0 Å². The van der Waals surface area contributed by atoms with Crippen molar-refractivity contribution in [3.05, 3.63) is 53.1 Å². The summed E-state index contributed by atoms with van der Waals surface area (Å²) in [6.45, 7) is 4.92. The van der Waals surface area contributed by atoms with Crippen molar-refractivity contribution in [2.45, 2.75) is 44.6 Å². The van der Waals surface area contributed by atoms with Gasteiger partial charge < -0.3 is 19.5 Å². The number of nitrogens with zero attached hydrogens (tertiary/aromatic N) is 3. The van der Waals surface area contributed by atoms with Gasteiger partial charge in [0.1, 0.15) is 17.4 Å². The number of ether oxygens (including phenoxy) is 1. The summed E-state index contributed by atoms with van der Waals surface area (Å²) in [6, 6.07) is 9.68. The molecule has 1 N–H and O–H groups in total. The average Bonchev–Trinajstić information content (AvgIpc) is 3.23. The van der Waals surface area contributed by atoms with Crippen LogP contribution < -0.4 is 9.64 Å². The van der Waals surface area contributed by atoms with Crippen LogP contribution in [-0.4, -0.2) is 51.9 Å². The molecule has 9 heteroatoms. The van der Waals surface area contributed by atoms with Crippen molar-refractivity contribution in [2.24, 2.45) is 0 Å². The summed E-state index contributed by atoms with van der Waals surface area (Å²) in [6.07, 6.45) is 1.76. The van der Waals surface area contributed by atoms with E-state index in [-0.39, 0.29) is 36.5 Å². The van der Waals surface area contributed by atoms with Crippen molar-refractivity contribution in [3.8, 4) is 5.75 Å². The van der Waals surface area contributed by atoms with E-state index < -0.39 is 5.60 Å². The Kier molecular flexibility index (Phi) is 5.72. The smallest absolute Gasteiger partial charge is 0.270 e. The fourth-order valence-corrected chi connectivity index (χ4v) is 4.89. The number of nitrogens with one attached hydrogen (secondary N) is 1. The third-order valence-corrected chi connectivity index (χ3v) is 6.82. The minimum atomic E-state index is -1.02. The molecule has 178 valence electrons. The van der Waals surface area contributed by atoms with E-state index in [1.54, 1.807) is 43.0 Å². The first-order valence-electron chi connectivity index (χ1n) is 11.4. The monoisotopic (exact) mass is 484 g/mol. The Balaban J connectivity index is 1.22. The Bertz CT molecular complexity index is 1270. The number of rotatable bonds is 4. The second-order valence-electron chi connectivity index (χ2n) is 9.37. The van der Waals surface area contributed by atoms with Crippen molar-refractivity contribution in [1.29, 1.82) is 0 Å². The molecule has 2 aliphatic rings. The van der Waals surface area contributed by atoms with Gasteiger partial charge in [0, 0.05) is 37.0 Å². The number of anilines is 1. The quantitative estimate of drug-likeness (QED) is 0.584. The molecule has 0 atom stereocenters. The maximum atomic E-state index is 13.5. The molecule has 0 bridgehead atoms. The normalized spacial score (nSPS) is 18.2. The van der Waals surface area contributed by atoms with Crippen LogP contribution in [0.15, 0.2) is 36.4 Å². The highest BCUT2D eigenvalue weighted by molar-refractivity contribution is 6.31. The number of hydrogen-bond donors (Lipinski definition) is 1. The van der Waals surface area contributed by atoms with E-state index in [4.69, 9.17) is 16.3 Å². The van der Waals surface area contributed by atoms with Gasteiger partial charge in [0.25, 0.3) is 5.91 Å². The highest BCUT2D eigenvalue weighted by Gasteiger charge is 2.41. The first-order valence-corrected chi connectivity index (χ1v) is 11.8. The van der Waals surface area contributed by atoms with Crippen LogP contribution in [0.2, 0.25) is 5.02 Å². The molecule has 1 aromatic heterocycles. The molecule has 34 heavy (non-hydrogen) atoms. The molecular formula is C25H26ClFN4O3. The SMILES string of the molecule is CC1(C)Oc2ccc(Cl)cc2N(CCC(=O)N2CCC(c3nc4ccc(F)cc4[nH]3)CC2)C1=O. The lowest BCUT2D eigenvalue weighted by atomic mass is 9.96. The fraction of sp³-hybridized carbons (Fsp3) is 0.400. The van der Waals surface area contributed by atoms with E-state index >= 15 is 0 Å². The average molecular weight is 485 g/mol. The number of imidazole rings is 1. The molecule has 0 radical (unpaired) electrons. The van der Waals surface area contributed by atoms with E-state index in [0.29, 0.717) is 35.1 Å². The number of likely N-dealkylation sites (tertiary alicyclic amines) is 1. The van der Waals surface area contributed by atoms with Crippen molar-refractivity contribution in [2.75, 3.05) is 24.5 Å². The second-order valence-corrected chi connectivity index (χ2v) is 9.81. The van der Waals surface area contributed by atoms with Gasteiger partial charge in [-0.15, -0.1) is 0 Å². The van der Waals surface area contributed by atoms with E-state index in [9.17, 15) is 14.0 Å². The molecule has 3 heterocycles. The van der Waals surface area contributed by atoms with Gasteiger partial charge in [-0.3, -0.25) is 9.59 Å². The van der Waals surface area contributed by atoms with Crippen molar-refractivity contribution >= 4 is 40.1 Å². The first kappa shape index (κ1) is 22.7. The first-order chi connectivity index (χ1) is 16.2. The summed E-state index contributed by atoms with van der Waals surface area (Å²) in [5, 5.41) is 0.501. The molecular weight excluding hydrogens is 459 g/mol. The van der Waals surface area contributed by atoms with Gasteiger partial charge in [-0.1, -0.05) is 11.6 Å². The molecule has 2 aliphatic heterocycles. The predicted molar refractivity (Wildman–Crippen MR) is 128 cm³/mol. The molecule has 2 amide bonds. The van der Waals surface area contributed by atoms with Gasteiger partial charge in [-0.25, -0.2) is 9.37 Å². The largest absolute Gasteiger partial charge is 0.476 e. The molecule has 0 spiro atoms. The lowest BCUT2D eigenvalue weighted by Crippen LogP contribution is -2.53.